The fourth-order valence-electron chi connectivity index (χ4n) is 2.18. The van der Waals surface area contributed by atoms with Crippen LogP contribution in [0.15, 0.2) is 24.4 Å². The maximum atomic E-state index is 12.1. The average molecular weight is 247 g/mol. The number of carbonyl (C=O) groups is 1. The summed E-state index contributed by atoms with van der Waals surface area (Å²) in [6.45, 7) is 5.65. The second-order valence-corrected chi connectivity index (χ2v) is 5.72. The van der Waals surface area contributed by atoms with Gasteiger partial charge in [-0.05, 0) is 64.2 Å². The van der Waals surface area contributed by atoms with Gasteiger partial charge >= 0.3 is 6.09 Å². The van der Waals surface area contributed by atoms with Crippen molar-refractivity contribution in [2.45, 2.75) is 52.1 Å². The predicted octanol–water partition coefficient (Wildman–Crippen LogP) is 4.23. The van der Waals surface area contributed by atoms with Crippen molar-refractivity contribution in [3.8, 4) is 0 Å². The number of carbonyl (C=O) groups excluding carboxylic acids is 1. The van der Waals surface area contributed by atoms with E-state index in [0.29, 0.717) is 0 Å². The molecule has 1 aromatic rings. The van der Waals surface area contributed by atoms with Crippen LogP contribution in [0.5, 0.6) is 0 Å². The molecule has 0 saturated carbocycles. The lowest BCUT2D eigenvalue weighted by molar-refractivity contribution is 0.0536. The Labute approximate surface area is 108 Å². The highest BCUT2D eigenvalue weighted by molar-refractivity contribution is 5.78. The lowest BCUT2D eigenvalue weighted by Crippen LogP contribution is -2.27. The number of allylic oxidation sites excluding steroid dienone is 2. The van der Waals surface area contributed by atoms with Crippen molar-refractivity contribution in [3.63, 3.8) is 0 Å². The van der Waals surface area contributed by atoms with Gasteiger partial charge in [-0.2, -0.15) is 0 Å². The Kier molecular flexibility index (Phi) is 3.60. The maximum Gasteiger partial charge on any atom is 0.418 e. The first-order valence-electron chi connectivity index (χ1n) is 6.57. The Morgan fingerprint density at radius 2 is 2.11 bits per heavy atom. The van der Waals surface area contributed by atoms with Gasteiger partial charge in [-0.3, -0.25) is 4.57 Å². The molecule has 0 fully saturated rings. The Morgan fingerprint density at radius 1 is 1.33 bits per heavy atom. The molecule has 2 rings (SSSR count). The van der Waals surface area contributed by atoms with Gasteiger partial charge in [0.05, 0.1) is 5.69 Å². The third-order valence-electron chi connectivity index (χ3n) is 2.96. The first-order chi connectivity index (χ1) is 8.47. The number of hydrogen-bond acceptors (Lipinski definition) is 2. The van der Waals surface area contributed by atoms with Crippen LogP contribution < -0.4 is 0 Å². The standard InChI is InChI=1S/C15H21NO2/c1-15(2,3)18-14(17)16-11-7-10-13(16)12-8-5-4-6-9-12/h7-8,10-11H,4-6,9H2,1-3H3. The normalized spacial score (nSPS) is 16.3. The average Bonchev–Trinajstić information content (AvgIpc) is 2.76. The molecule has 98 valence electrons. The van der Waals surface area contributed by atoms with Crippen LogP contribution in [0.2, 0.25) is 0 Å². The Balaban J connectivity index is 2.22. The fourth-order valence-corrected chi connectivity index (χ4v) is 2.18. The van der Waals surface area contributed by atoms with E-state index in [-0.39, 0.29) is 6.09 Å². The molecule has 3 nitrogen and oxygen atoms in total. The first kappa shape index (κ1) is 12.9. The summed E-state index contributed by atoms with van der Waals surface area (Å²) in [5.41, 5.74) is 1.78. The van der Waals surface area contributed by atoms with Crippen LogP contribution in [-0.2, 0) is 4.74 Å². The van der Waals surface area contributed by atoms with Gasteiger partial charge in [-0.1, -0.05) is 6.08 Å². The van der Waals surface area contributed by atoms with E-state index in [1.165, 1.54) is 18.4 Å². The molecule has 1 aliphatic rings. The summed E-state index contributed by atoms with van der Waals surface area (Å²) in [6, 6.07) is 3.88. The van der Waals surface area contributed by atoms with Crippen LogP contribution in [0.4, 0.5) is 4.79 Å². The van der Waals surface area contributed by atoms with E-state index < -0.39 is 5.60 Å². The molecule has 0 atom stereocenters. The molecule has 3 heteroatoms. The highest BCUT2D eigenvalue weighted by Crippen LogP contribution is 2.27. The molecule has 0 aliphatic heterocycles. The zero-order valence-electron chi connectivity index (χ0n) is 11.4. The van der Waals surface area contributed by atoms with Gasteiger partial charge in [-0.25, -0.2) is 4.79 Å². The summed E-state index contributed by atoms with van der Waals surface area (Å²) in [5.74, 6) is 0. The Bertz CT molecular complexity index is 463. The molecule has 1 aliphatic carbocycles. The van der Waals surface area contributed by atoms with Crippen molar-refractivity contribution in [1.82, 2.24) is 4.57 Å². The zero-order valence-corrected chi connectivity index (χ0v) is 11.4. The Hall–Kier alpha value is -1.51. The highest BCUT2D eigenvalue weighted by Gasteiger charge is 2.20. The topological polar surface area (TPSA) is 31.2 Å². The van der Waals surface area contributed by atoms with Crippen LogP contribution >= 0.6 is 0 Å². The van der Waals surface area contributed by atoms with Gasteiger partial charge in [0.2, 0.25) is 0 Å². The maximum absolute atomic E-state index is 12.1. The van der Waals surface area contributed by atoms with Crippen molar-refractivity contribution < 1.29 is 9.53 Å². The van der Waals surface area contributed by atoms with Crippen molar-refractivity contribution in [3.05, 3.63) is 30.1 Å². The van der Waals surface area contributed by atoms with Crippen LogP contribution in [0.1, 0.15) is 52.1 Å². The molecule has 0 saturated heterocycles. The molecule has 0 spiro atoms. The summed E-state index contributed by atoms with van der Waals surface area (Å²) in [7, 11) is 0. The number of nitrogens with zero attached hydrogens (tertiary/aromatic N) is 1. The lowest BCUT2D eigenvalue weighted by Gasteiger charge is -2.21. The third kappa shape index (κ3) is 3.03. The van der Waals surface area contributed by atoms with Gasteiger partial charge in [0.15, 0.2) is 0 Å². The number of rotatable bonds is 1. The first-order valence-corrected chi connectivity index (χ1v) is 6.57. The second kappa shape index (κ2) is 5.01. The van der Waals surface area contributed by atoms with E-state index in [0.717, 1.165) is 18.5 Å². The predicted molar refractivity (Wildman–Crippen MR) is 72.5 cm³/mol. The smallest absolute Gasteiger partial charge is 0.418 e. The molecular formula is C15H21NO2. The molecule has 18 heavy (non-hydrogen) atoms. The van der Waals surface area contributed by atoms with Gasteiger partial charge in [0, 0.05) is 6.20 Å². The molecule has 1 heterocycles. The van der Waals surface area contributed by atoms with Gasteiger partial charge in [-0.15, -0.1) is 0 Å². The highest BCUT2D eigenvalue weighted by atomic mass is 16.6. The molecule has 1 aromatic heterocycles. The van der Waals surface area contributed by atoms with Crippen molar-refractivity contribution >= 4 is 11.7 Å². The third-order valence-corrected chi connectivity index (χ3v) is 2.96. The van der Waals surface area contributed by atoms with Crippen LogP contribution in [-0.4, -0.2) is 16.3 Å². The summed E-state index contributed by atoms with van der Waals surface area (Å²) in [4.78, 5) is 12.1. The van der Waals surface area contributed by atoms with E-state index in [4.69, 9.17) is 4.74 Å². The van der Waals surface area contributed by atoms with Crippen molar-refractivity contribution in [2.24, 2.45) is 0 Å². The van der Waals surface area contributed by atoms with E-state index in [1.54, 1.807) is 10.8 Å². The SMILES string of the molecule is CC(C)(C)OC(=O)n1cccc1C1=CCCCC1. The molecule has 0 N–H and O–H groups in total. The van der Waals surface area contributed by atoms with Gasteiger partial charge in [0.25, 0.3) is 0 Å². The fraction of sp³-hybridized carbons (Fsp3) is 0.533. The van der Waals surface area contributed by atoms with Crippen LogP contribution in [0.3, 0.4) is 0 Å². The van der Waals surface area contributed by atoms with E-state index in [2.05, 4.69) is 6.08 Å². The summed E-state index contributed by atoms with van der Waals surface area (Å²) >= 11 is 0. The molecule has 0 unspecified atom stereocenters. The molecule has 0 amide bonds. The second-order valence-electron chi connectivity index (χ2n) is 5.72. The van der Waals surface area contributed by atoms with E-state index >= 15 is 0 Å². The number of aromatic nitrogens is 1. The van der Waals surface area contributed by atoms with Crippen LogP contribution in [0, 0.1) is 0 Å². The summed E-state index contributed by atoms with van der Waals surface area (Å²) in [6.07, 6.45) is 8.32. The van der Waals surface area contributed by atoms with Gasteiger partial charge < -0.3 is 4.74 Å². The van der Waals surface area contributed by atoms with Gasteiger partial charge in [0.1, 0.15) is 5.60 Å². The van der Waals surface area contributed by atoms with Crippen molar-refractivity contribution in [2.75, 3.05) is 0 Å². The summed E-state index contributed by atoms with van der Waals surface area (Å²) in [5, 5.41) is 0. The monoisotopic (exact) mass is 247 g/mol. The molecule has 0 bridgehead atoms. The molecule has 0 radical (unpaired) electrons. The molecule has 0 aromatic carbocycles. The minimum Gasteiger partial charge on any atom is -0.443 e. The van der Waals surface area contributed by atoms with Crippen molar-refractivity contribution in [1.29, 1.82) is 0 Å². The number of hydrogen-bond donors (Lipinski definition) is 0. The largest absolute Gasteiger partial charge is 0.443 e. The lowest BCUT2D eigenvalue weighted by atomic mass is 9.97. The van der Waals surface area contributed by atoms with Crippen LogP contribution in [0.25, 0.3) is 5.57 Å². The Morgan fingerprint density at radius 3 is 2.72 bits per heavy atom. The minimum absolute atomic E-state index is 0.297. The molecular weight excluding hydrogens is 226 g/mol. The number of ether oxygens (including phenoxy) is 1. The zero-order chi connectivity index (χ0) is 13.2. The van der Waals surface area contributed by atoms with E-state index in [9.17, 15) is 4.79 Å². The van der Waals surface area contributed by atoms with E-state index in [1.807, 2.05) is 32.9 Å². The summed E-state index contributed by atoms with van der Waals surface area (Å²) < 4.78 is 7.02. The minimum atomic E-state index is -0.459. The quantitative estimate of drug-likeness (QED) is 0.743.